The second-order valence-corrected chi connectivity index (χ2v) is 7.00. The first-order chi connectivity index (χ1) is 13.4. The average Bonchev–Trinajstić information content (AvgIpc) is 2.76. The highest BCUT2D eigenvalue weighted by Crippen LogP contribution is 2.22. The average molecular weight is 366 g/mol. The van der Waals surface area contributed by atoms with E-state index in [2.05, 4.69) is 35.3 Å². The molecule has 2 aromatic rings. The molecule has 8 heteroatoms. The van der Waals surface area contributed by atoms with Crippen LogP contribution in [-0.4, -0.2) is 52.3 Å². The van der Waals surface area contributed by atoms with Gasteiger partial charge >= 0.3 is 0 Å². The van der Waals surface area contributed by atoms with Crippen molar-refractivity contribution in [3.05, 3.63) is 30.1 Å². The Bertz CT molecular complexity index is 715. The SMILES string of the molecule is C(=N\Nc1nc(N2CCCCC2)nc(N2CCCCC2)n1)/c1ccncc1. The molecule has 142 valence electrons. The summed E-state index contributed by atoms with van der Waals surface area (Å²) in [6.45, 7) is 4.01. The zero-order valence-corrected chi connectivity index (χ0v) is 15.6. The molecule has 1 N–H and O–H groups in total. The third-order valence-electron chi connectivity index (χ3n) is 4.97. The van der Waals surface area contributed by atoms with E-state index in [0.29, 0.717) is 5.95 Å². The van der Waals surface area contributed by atoms with E-state index in [9.17, 15) is 0 Å². The third kappa shape index (κ3) is 4.69. The molecular formula is C19H26N8. The standard InChI is InChI=1S/C19H26N8/c1-3-11-26(12-4-1)18-22-17(25-21-15-16-7-9-20-10-8-16)23-19(24-18)27-13-5-2-6-14-27/h7-10,15H,1-6,11-14H2,(H,22,23,24,25)/b21-15+. The van der Waals surface area contributed by atoms with E-state index in [1.165, 1.54) is 38.5 Å². The normalized spacial score (nSPS) is 18.1. The Labute approximate surface area is 159 Å². The number of nitrogens with one attached hydrogen (secondary N) is 1. The van der Waals surface area contributed by atoms with E-state index < -0.39 is 0 Å². The van der Waals surface area contributed by atoms with E-state index >= 15 is 0 Å². The summed E-state index contributed by atoms with van der Waals surface area (Å²) in [4.78, 5) is 22.6. The lowest BCUT2D eigenvalue weighted by Gasteiger charge is -2.30. The van der Waals surface area contributed by atoms with Gasteiger partial charge in [0.2, 0.25) is 17.8 Å². The highest BCUT2D eigenvalue weighted by molar-refractivity contribution is 5.79. The van der Waals surface area contributed by atoms with Crippen LogP contribution in [0.15, 0.2) is 29.6 Å². The van der Waals surface area contributed by atoms with Crippen LogP contribution < -0.4 is 15.2 Å². The summed E-state index contributed by atoms with van der Waals surface area (Å²) >= 11 is 0. The van der Waals surface area contributed by atoms with Crippen molar-refractivity contribution in [3.63, 3.8) is 0 Å². The molecule has 4 rings (SSSR count). The fourth-order valence-electron chi connectivity index (χ4n) is 3.49. The molecule has 0 atom stereocenters. The molecule has 4 heterocycles. The van der Waals surface area contributed by atoms with E-state index in [1.807, 2.05) is 12.1 Å². The van der Waals surface area contributed by atoms with Crippen molar-refractivity contribution in [3.8, 4) is 0 Å². The van der Waals surface area contributed by atoms with Crippen molar-refractivity contribution in [1.82, 2.24) is 19.9 Å². The van der Waals surface area contributed by atoms with Gasteiger partial charge in [0.1, 0.15) is 0 Å². The van der Waals surface area contributed by atoms with E-state index in [4.69, 9.17) is 4.98 Å². The van der Waals surface area contributed by atoms with Crippen molar-refractivity contribution in [2.24, 2.45) is 5.10 Å². The van der Waals surface area contributed by atoms with Crippen LogP contribution in [0.2, 0.25) is 0 Å². The minimum Gasteiger partial charge on any atom is -0.341 e. The summed E-state index contributed by atoms with van der Waals surface area (Å²) < 4.78 is 0. The zero-order chi connectivity index (χ0) is 18.3. The van der Waals surface area contributed by atoms with Gasteiger partial charge < -0.3 is 9.80 Å². The second-order valence-electron chi connectivity index (χ2n) is 7.00. The molecule has 2 saturated heterocycles. The molecule has 27 heavy (non-hydrogen) atoms. The van der Waals surface area contributed by atoms with Gasteiger partial charge in [-0.2, -0.15) is 20.1 Å². The Morgan fingerprint density at radius 1 is 0.778 bits per heavy atom. The van der Waals surface area contributed by atoms with E-state index in [-0.39, 0.29) is 0 Å². The topological polar surface area (TPSA) is 82.4 Å². The number of hydrogen-bond donors (Lipinski definition) is 1. The first-order valence-corrected chi connectivity index (χ1v) is 9.83. The van der Waals surface area contributed by atoms with Gasteiger partial charge in [-0.05, 0) is 56.2 Å². The van der Waals surface area contributed by atoms with Gasteiger partial charge in [0.25, 0.3) is 0 Å². The Morgan fingerprint density at radius 3 is 1.89 bits per heavy atom. The van der Waals surface area contributed by atoms with Crippen LogP contribution in [0.3, 0.4) is 0 Å². The molecule has 0 aliphatic carbocycles. The number of aromatic nitrogens is 4. The predicted molar refractivity (Wildman–Crippen MR) is 107 cm³/mol. The molecule has 8 nitrogen and oxygen atoms in total. The van der Waals surface area contributed by atoms with E-state index in [0.717, 1.165) is 43.6 Å². The molecule has 0 radical (unpaired) electrons. The lowest BCUT2D eigenvalue weighted by atomic mass is 10.1. The second kappa shape index (κ2) is 8.75. The number of anilines is 3. The molecule has 2 aromatic heterocycles. The summed E-state index contributed by atoms with van der Waals surface area (Å²) in [6, 6.07) is 3.80. The van der Waals surface area contributed by atoms with Crippen LogP contribution in [0.25, 0.3) is 0 Å². The van der Waals surface area contributed by atoms with Gasteiger partial charge in [-0.1, -0.05) is 0 Å². The molecule has 0 amide bonds. The molecule has 0 saturated carbocycles. The molecule has 0 bridgehead atoms. The number of nitrogens with zero attached hydrogens (tertiary/aromatic N) is 7. The molecule has 0 spiro atoms. The fraction of sp³-hybridized carbons (Fsp3) is 0.526. The highest BCUT2D eigenvalue weighted by Gasteiger charge is 2.20. The molecule has 2 aliphatic rings. The Kier molecular flexibility index (Phi) is 5.71. The summed E-state index contributed by atoms with van der Waals surface area (Å²) in [5, 5.41) is 4.29. The van der Waals surface area contributed by atoms with Gasteiger partial charge in [-0.25, -0.2) is 5.43 Å². The maximum absolute atomic E-state index is 4.78. The predicted octanol–water partition coefficient (Wildman–Crippen LogP) is 2.69. The summed E-state index contributed by atoms with van der Waals surface area (Å²) in [5.41, 5.74) is 3.96. The largest absolute Gasteiger partial charge is 0.341 e. The van der Waals surface area contributed by atoms with Gasteiger partial charge in [-0.15, -0.1) is 0 Å². The van der Waals surface area contributed by atoms with Crippen LogP contribution in [0.4, 0.5) is 17.8 Å². The van der Waals surface area contributed by atoms with Crippen molar-refractivity contribution in [2.75, 3.05) is 41.4 Å². The molecular weight excluding hydrogens is 340 g/mol. The Morgan fingerprint density at radius 2 is 1.33 bits per heavy atom. The third-order valence-corrected chi connectivity index (χ3v) is 4.97. The smallest absolute Gasteiger partial charge is 0.250 e. The van der Waals surface area contributed by atoms with Crippen LogP contribution in [0, 0.1) is 0 Å². The van der Waals surface area contributed by atoms with Gasteiger partial charge in [0.05, 0.1) is 6.21 Å². The molecule has 2 aliphatic heterocycles. The van der Waals surface area contributed by atoms with Crippen LogP contribution in [0.5, 0.6) is 0 Å². The highest BCUT2D eigenvalue weighted by atomic mass is 15.4. The Balaban J connectivity index is 1.55. The van der Waals surface area contributed by atoms with Crippen molar-refractivity contribution < 1.29 is 0 Å². The van der Waals surface area contributed by atoms with Crippen LogP contribution in [-0.2, 0) is 0 Å². The Hall–Kier alpha value is -2.77. The first-order valence-electron chi connectivity index (χ1n) is 9.83. The minimum atomic E-state index is 0.497. The van der Waals surface area contributed by atoms with Crippen molar-refractivity contribution in [2.45, 2.75) is 38.5 Å². The van der Waals surface area contributed by atoms with Gasteiger partial charge in [-0.3, -0.25) is 4.98 Å². The van der Waals surface area contributed by atoms with Crippen molar-refractivity contribution >= 4 is 24.1 Å². The quantitative estimate of drug-likeness (QED) is 0.643. The van der Waals surface area contributed by atoms with Crippen molar-refractivity contribution in [1.29, 1.82) is 0 Å². The lowest BCUT2D eigenvalue weighted by molar-refractivity contribution is 0.556. The summed E-state index contributed by atoms with van der Waals surface area (Å²) in [5.74, 6) is 2.01. The fourth-order valence-corrected chi connectivity index (χ4v) is 3.49. The van der Waals surface area contributed by atoms with Gasteiger partial charge in [0.15, 0.2) is 0 Å². The van der Waals surface area contributed by atoms with Crippen LogP contribution >= 0.6 is 0 Å². The number of hydrazone groups is 1. The number of pyridine rings is 1. The van der Waals surface area contributed by atoms with E-state index in [1.54, 1.807) is 18.6 Å². The lowest BCUT2D eigenvalue weighted by Crippen LogP contribution is -2.34. The zero-order valence-electron chi connectivity index (χ0n) is 15.6. The van der Waals surface area contributed by atoms with Crippen LogP contribution in [0.1, 0.15) is 44.1 Å². The summed E-state index contributed by atoms with van der Waals surface area (Å²) in [6.07, 6.45) is 12.5. The maximum Gasteiger partial charge on any atom is 0.250 e. The number of rotatable bonds is 5. The number of hydrogen-bond acceptors (Lipinski definition) is 8. The maximum atomic E-state index is 4.78. The van der Waals surface area contributed by atoms with Gasteiger partial charge in [0, 0.05) is 38.6 Å². The first kappa shape index (κ1) is 17.6. The molecule has 2 fully saturated rings. The monoisotopic (exact) mass is 366 g/mol. The number of piperidine rings is 2. The molecule has 0 aromatic carbocycles. The minimum absolute atomic E-state index is 0.497. The molecule has 0 unspecified atom stereocenters. The summed E-state index contributed by atoms with van der Waals surface area (Å²) in [7, 11) is 0.